The number of carbonyl (C=O) groups excluding carboxylic acids is 2. The van der Waals surface area contributed by atoms with Crippen LogP contribution in [0, 0.1) is 5.92 Å². The number of amides is 2. The second-order valence-electron chi connectivity index (χ2n) is 9.85. The number of benzene rings is 2. The zero-order valence-electron chi connectivity index (χ0n) is 22.5. The van der Waals surface area contributed by atoms with Gasteiger partial charge < -0.3 is 20.1 Å². The molecule has 1 aliphatic carbocycles. The molecule has 2 amide bonds. The number of hydrogen-bond acceptors (Lipinski definition) is 7. The van der Waals surface area contributed by atoms with Crippen LogP contribution in [-0.4, -0.2) is 54.1 Å². The van der Waals surface area contributed by atoms with Crippen LogP contribution in [0.3, 0.4) is 0 Å². The lowest BCUT2D eigenvalue weighted by Crippen LogP contribution is -2.53. The van der Waals surface area contributed by atoms with E-state index in [-0.39, 0.29) is 30.3 Å². The van der Waals surface area contributed by atoms with Crippen molar-refractivity contribution in [2.45, 2.75) is 57.3 Å². The van der Waals surface area contributed by atoms with Crippen LogP contribution in [0.2, 0.25) is 0 Å². The van der Waals surface area contributed by atoms with Crippen LogP contribution < -0.4 is 25.4 Å². The second-order valence-corrected chi connectivity index (χ2v) is 12.0. The van der Waals surface area contributed by atoms with Crippen molar-refractivity contribution in [2.24, 2.45) is 5.92 Å². The molecule has 1 saturated carbocycles. The van der Waals surface area contributed by atoms with E-state index in [1.54, 1.807) is 30.6 Å². The quantitative estimate of drug-likeness (QED) is 0.308. The van der Waals surface area contributed by atoms with E-state index in [2.05, 4.69) is 16.0 Å². The topological polar surface area (TPSA) is 88.7 Å². The van der Waals surface area contributed by atoms with Crippen molar-refractivity contribution < 1.29 is 19.1 Å². The van der Waals surface area contributed by atoms with Gasteiger partial charge in [0.25, 0.3) is 0 Å². The molecule has 1 heterocycles. The molecule has 0 bridgehead atoms. The van der Waals surface area contributed by atoms with Crippen LogP contribution in [0.5, 0.6) is 11.5 Å². The van der Waals surface area contributed by atoms with E-state index in [0.717, 1.165) is 34.4 Å². The molecule has 0 spiro atoms. The normalized spacial score (nSPS) is 18.0. The highest BCUT2D eigenvalue weighted by Gasteiger charge is 2.28. The zero-order valence-corrected chi connectivity index (χ0v) is 24.9. The molecule has 3 N–H and O–H groups in total. The molecule has 2 atom stereocenters. The molecule has 0 aromatic heterocycles. The highest BCUT2D eigenvalue weighted by Crippen LogP contribution is 2.29. The largest absolute Gasteiger partial charge is 0.493 e. The summed E-state index contributed by atoms with van der Waals surface area (Å²) in [4.78, 5) is 26.0. The van der Waals surface area contributed by atoms with Gasteiger partial charge in [-0.15, -0.1) is 24.2 Å². The molecular weight excluding hydrogens is 554 g/mol. The highest BCUT2D eigenvalue weighted by molar-refractivity contribution is 7.99. The van der Waals surface area contributed by atoms with Crippen molar-refractivity contribution in [1.82, 2.24) is 16.0 Å². The minimum absolute atomic E-state index is 0. The van der Waals surface area contributed by atoms with Gasteiger partial charge in [-0.05, 0) is 47.8 Å². The van der Waals surface area contributed by atoms with Crippen LogP contribution in [0.1, 0.15) is 43.2 Å². The first kappa shape index (κ1) is 31.5. The Morgan fingerprint density at radius 1 is 1.08 bits per heavy atom. The lowest BCUT2D eigenvalue weighted by molar-refractivity contribution is -0.129. The summed E-state index contributed by atoms with van der Waals surface area (Å²) in [6.45, 7) is 0.758. The van der Waals surface area contributed by atoms with Gasteiger partial charge in [0.2, 0.25) is 11.8 Å². The maximum absolute atomic E-state index is 13.2. The smallest absolute Gasteiger partial charge is 0.243 e. The number of nitrogens with one attached hydrogen (secondary N) is 3. The van der Waals surface area contributed by atoms with Crippen molar-refractivity contribution in [2.75, 3.05) is 30.2 Å². The Balaban J connectivity index is 0.00000420. The van der Waals surface area contributed by atoms with Crippen molar-refractivity contribution in [1.29, 1.82) is 0 Å². The molecule has 1 saturated heterocycles. The third-order valence-corrected chi connectivity index (χ3v) is 9.18. The van der Waals surface area contributed by atoms with Crippen molar-refractivity contribution in [3.05, 3.63) is 59.7 Å². The van der Waals surface area contributed by atoms with Gasteiger partial charge in [0.05, 0.1) is 13.2 Å². The molecule has 10 heteroatoms. The Hall–Kier alpha value is -2.07. The van der Waals surface area contributed by atoms with Crippen LogP contribution in [-0.2, 0) is 22.7 Å². The summed E-state index contributed by atoms with van der Waals surface area (Å²) < 4.78 is 11.5. The Kier molecular flexibility index (Phi) is 13.6. The highest BCUT2D eigenvalue weighted by atomic mass is 35.5. The number of thioether (sulfide) groups is 2. The fraction of sp³-hybridized carbons (Fsp3) is 0.517. The third kappa shape index (κ3) is 10.1. The van der Waals surface area contributed by atoms with Gasteiger partial charge in [0.15, 0.2) is 11.5 Å². The lowest BCUT2D eigenvalue weighted by atomic mass is 9.91. The molecule has 39 heavy (non-hydrogen) atoms. The van der Waals surface area contributed by atoms with Gasteiger partial charge in [0, 0.05) is 23.9 Å². The summed E-state index contributed by atoms with van der Waals surface area (Å²) in [5, 5.41) is 9.24. The summed E-state index contributed by atoms with van der Waals surface area (Å²) in [6.07, 6.45) is 6.47. The summed E-state index contributed by atoms with van der Waals surface area (Å²) in [5.74, 6) is 4.82. The van der Waals surface area contributed by atoms with Gasteiger partial charge in [-0.3, -0.25) is 14.9 Å². The number of rotatable bonds is 13. The number of ether oxygens (including phenoxy) is 2. The summed E-state index contributed by atoms with van der Waals surface area (Å²) in [7, 11) is 1.61. The first-order valence-electron chi connectivity index (χ1n) is 13.4. The first-order valence-corrected chi connectivity index (χ1v) is 15.7. The van der Waals surface area contributed by atoms with E-state index in [9.17, 15) is 9.59 Å². The van der Waals surface area contributed by atoms with Gasteiger partial charge in [0.1, 0.15) is 12.6 Å². The van der Waals surface area contributed by atoms with Crippen LogP contribution in [0.15, 0.2) is 48.5 Å². The predicted octanol–water partition coefficient (Wildman–Crippen LogP) is 4.77. The zero-order chi connectivity index (χ0) is 26.6. The Morgan fingerprint density at radius 3 is 2.59 bits per heavy atom. The number of carbonyl (C=O) groups is 2. The van der Waals surface area contributed by atoms with Crippen molar-refractivity contribution >= 4 is 47.7 Å². The van der Waals surface area contributed by atoms with Gasteiger partial charge in [-0.2, -0.15) is 11.8 Å². The van der Waals surface area contributed by atoms with Crippen LogP contribution in [0.4, 0.5) is 0 Å². The summed E-state index contributed by atoms with van der Waals surface area (Å²) >= 11 is 3.47. The maximum Gasteiger partial charge on any atom is 0.243 e. The van der Waals surface area contributed by atoms with Crippen molar-refractivity contribution in [3.8, 4) is 11.5 Å². The monoisotopic (exact) mass is 593 g/mol. The Morgan fingerprint density at radius 2 is 1.87 bits per heavy atom. The number of hydrogen-bond donors (Lipinski definition) is 3. The Bertz CT molecular complexity index is 1030. The molecule has 0 unspecified atom stereocenters. The van der Waals surface area contributed by atoms with Crippen LogP contribution in [0.25, 0.3) is 0 Å². The van der Waals surface area contributed by atoms with Gasteiger partial charge >= 0.3 is 0 Å². The standard InChI is InChI=1S/C29H39N3O4S2.ClH/c1-35-26-13-12-23(14-27(26)36-16-21-8-4-2-5-9-21)15-30-28(33)25(32-29(34)24-18-38-20-31-24)19-37-17-22-10-6-3-7-11-22;/h2,4-5,8-9,12-14,22,24-25,31H,3,6-7,10-11,15-20H2,1H3,(H,30,33)(H,32,34);1H/t24-,25-;/m0./s1. The molecule has 4 rings (SSSR count). The second kappa shape index (κ2) is 16.9. The summed E-state index contributed by atoms with van der Waals surface area (Å²) in [5.41, 5.74) is 1.96. The molecule has 1 aliphatic heterocycles. The Labute approximate surface area is 246 Å². The molecule has 0 radical (unpaired) electrons. The van der Waals surface area contributed by atoms with E-state index in [0.29, 0.717) is 30.4 Å². The van der Waals surface area contributed by atoms with Crippen LogP contribution >= 0.6 is 35.9 Å². The van der Waals surface area contributed by atoms with Gasteiger partial charge in [-0.25, -0.2) is 0 Å². The molecule has 2 aromatic rings. The minimum atomic E-state index is -0.574. The average molecular weight is 594 g/mol. The molecule has 2 aromatic carbocycles. The van der Waals surface area contributed by atoms with E-state index in [4.69, 9.17) is 9.47 Å². The first-order chi connectivity index (χ1) is 18.6. The lowest BCUT2D eigenvalue weighted by Gasteiger charge is -2.23. The summed E-state index contributed by atoms with van der Waals surface area (Å²) in [6, 6.07) is 14.8. The average Bonchev–Trinajstić information content (AvgIpc) is 3.51. The molecular formula is C29H40ClN3O4S2. The van der Waals surface area contributed by atoms with E-state index < -0.39 is 6.04 Å². The fourth-order valence-electron chi connectivity index (χ4n) is 4.72. The van der Waals surface area contributed by atoms with Gasteiger partial charge in [-0.1, -0.05) is 55.7 Å². The van der Waals surface area contributed by atoms with E-state index in [1.165, 1.54) is 32.1 Å². The van der Waals surface area contributed by atoms with E-state index in [1.807, 2.05) is 48.5 Å². The minimum Gasteiger partial charge on any atom is -0.493 e. The van der Waals surface area contributed by atoms with E-state index >= 15 is 0 Å². The number of methoxy groups -OCH3 is 1. The maximum atomic E-state index is 13.2. The molecule has 2 fully saturated rings. The molecule has 2 aliphatic rings. The molecule has 7 nitrogen and oxygen atoms in total. The molecule has 214 valence electrons. The predicted molar refractivity (Wildman–Crippen MR) is 163 cm³/mol. The number of halogens is 1. The van der Waals surface area contributed by atoms with Crippen molar-refractivity contribution in [3.63, 3.8) is 0 Å². The third-order valence-electron chi connectivity index (χ3n) is 6.96. The fourth-order valence-corrected chi connectivity index (χ4v) is 6.93. The SMILES string of the molecule is COc1ccc(CNC(=O)[C@H](CSCC2CCCCC2)NC(=O)[C@@H]2CSCN2)cc1OCc1ccccc1.Cl.